The minimum atomic E-state index is -1.15. The first-order chi connectivity index (χ1) is 15.4. The molecule has 0 N–H and O–H groups in total. The van der Waals surface area contributed by atoms with Gasteiger partial charge in [0.15, 0.2) is 0 Å². The van der Waals surface area contributed by atoms with E-state index in [-0.39, 0.29) is 5.56 Å². The summed E-state index contributed by atoms with van der Waals surface area (Å²) in [4.78, 5) is 12.3. The number of carbonyl (C=O) groups is 1. The van der Waals surface area contributed by atoms with Crippen molar-refractivity contribution in [3.63, 3.8) is 0 Å². The van der Waals surface area contributed by atoms with E-state index >= 15 is 0 Å². The van der Waals surface area contributed by atoms with Crippen LogP contribution in [0.5, 0.6) is 5.75 Å². The highest BCUT2D eigenvalue weighted by Crippen LogP contribution is 2.34. The first-order valence-corrected chi connectivity index (χ1v) is 11.3. The number of hydrogen-bond acceptors (Lipinski definition) is 3. The molecule has 0 aliphatic heterocycles. The molecule has 170 valence electrons. The average molecular weight is 444 g/mol. The summed E-state index contributed by atoms with van der Waals surface area (Å²) in [7, 11) is 0. The largest absolute Gasteiger partial charge is 0.423 e. The summed E-state index contributed by atoms with van der Waals surface area (Å²) in [6, 6.07) is 7.18. The number of nitrogens with zero attached hydrogens (tertiary/aromatic N) is 1. The zero-order chi connectivity index (χ0) is 23.1. The van der Waals surface area contributed by atoms with Gasteiger partial charge in [0, 0.05) is 12.1 Å². The molecule has 0 aromatic heterocycles. The maximum absolute atomic E-state index is 14.5. The van der Waals surface area contributed by atoms with E-state index in [0.29, 0.717) is 5.92 Å². The Hall–Kier alpha value is -2.81. The minimum absolute atomic E-state index is 0.310. The van der Waals surface area contributed by atoms with E-state index in [1.807, 2.05) is 0 Å². The van der Waals surface area contributed by atoms with Crippen LogP contribution in [0.25, 0.3) is 0 Å². The van der Waals surface area contributed by atoms with Crippen LogP contribution >= 0.6 is 0 Å². The van der Waals surface area contributed by atoms with Gasteiger partial charge in [-0.25, -0.2) is 18.0 Å². The average Bonchev–Trinajstić information content (AvgIpc) is 2.76. The van der Waals surface area contributed by atoms with Crippen molar-refractivity contribution in [3.05, 3.63) is 64.5 Å². The van der Waals surface area contributed by atoms with E-state index in [2.05, 4.69) is 6.92 Å². The Balaban J connectivity index is 1.55. The van der Waals surface area contributed by atoms with Crippen LogP contribution in [0.3, 0.4) is 0 Å². The fourth-order valence-corrected chi connectivity index (χ4v) is 4.43. The van der Waals surface area contributed by atoms with E-state index in [9.17, 15) is 18.0 Å². The molecule has 0 spiro atoms. The Bertz CT molecular complexity index is 968. The number of ether oxygens (including phenoxy) is 1. The molecule has 1 aliphatic rings. The van der Waals surface area contributed by atoms with Crippen molar-refractivity contribution in [1.82, 2.24) is 0 Å². The topological polar surface area (TPSA) is 50.1 Å². The molecule has 0 amide bonds. The van der Waals surface area contributed by atoms with Crippen LogP contribution in [0, 0.1) is 40.6 Å². The number of hydrogen-bond donors (Lipinski definition) is 0. The Morgan fingerprint density at radius 2 is 1.62 bits per heavy atom. The van der Waals surface area contributed by atoms with Gasteiger partial charge in [-0.1, -0.05) is 57.9 Å². The Morgan fingerprint density at radius 1 is 1.00 bits per heavy atom. The predicted molar refractivity (Wildman–Crippen MR) is 116 cm³/mol. The second-order valence-corrected chi connectivity index (χ2v) is 8.65. The third kappa shape index (κ3) is 6.12. The number of aryl methyl sites for hydroxylation is 1. The highest BCUT2D eigenvalue weighted by molar-refractivity contribution is 5.91. The summed E-state index contributed by atoms with van der Waals surface area (Å²) in [6.07, 6.45) is 10.6. The molecule has 3 rings (SSSR count). The smallest absolute Gasteiger partial charge is 0.346 e. The molecule has 6 heteroatoms. The van der Waals surface area contributed by atoms with Gasteiger partial charge in [-0.3, -0.25) is 0 Å². The van der Waals surface area contributed by atoms with E-state index in [1.54, 1.807) is 6.07 Å². The highest BCUT2D eigenvalue weighted by Gasteiger charge is 2.21. The molecule has 1 fully saturated rings. The Morgan fingerprint density at radius 3 is 2.19 bits per heavy atom. The number of halogens is 3. The van der Waals surface area contributed by atoms with Crippen molar-refractivity contribution in [1.29, 1.82) is 5.26 Å². The summed E-state index contributed by atoms with van der Waals surface area (Å²) in [5.41, 5.74) is -0.271. The van der Waals surface area contributed by atoms with Gasteiger partial charge in [0.2, 0.25) is 0 Å². The summed E-state index contributed by atoms with van der Waals surface area (Å²) in [5.74, 6) is -3.00. The van der Waals surface area contributed by atoms with Gasteiger partial charge >= 0.3 is 5.97 Å². The lowest BCUT2D eigenvalue weighted by molar-refractivity contribution is 0.0729. The molecule has 0 atom stereocenters. The van der Waals surface area contributed by atoms with Crippen molar-refractivity contribution in [2.75, 3.05) is 0 Å². The first kappa shape index (κ1) is 23.8. The van der Waals surface area contributed by atoms with E-state index in [0.717, 1.165) is 36.5 Å². The van der Waals surface area contributed by atoms with Gasteiger partial charge in [-0.15, -0.1) is 0 Å². The Kier molecular flexibility index (Phi) is 8.33. The molecule has 0 saturated heterocycles. The molecule has 1 aliphatic carbocycles. The molecular formula is C26H28F3NO2. The SMILES string of the molecule is CCCCC1CCC(CCc2ccc(C(=O)Oc3cc(F)c(C#N)c(F)c3)c(F)c2)CC1. The number of esters is 1. The molecule has 32 heavy (non-hydrogen) atoms. The van der Waals surface area contributed by atoms with Gasteiger partial charge in [0.05, 0.1) is 5.56 Å². The first-order valence-electron chi connectivity index (χ1n) is 11.3. The molecule has 2 aromatic rings. The van der Waals surface area contributed by atoms with Gasteiger partial charge in [0.1, 0.15) is 34.8 Å². The third-order valence-corrected chi connectivity index (χ3v) is 6.36. The standard InChI is InChI=1S/C26H28F3NO2/c1-2-3-4-17-5-7-18(8-6-17)9-10-19-11-12-21(23(27)13-19)26(31)32-20-14-24(28)22(16-30)25(29)15-20/h11-15,17-18H,2-10H2,1H3. The third-order valence-electron chi connectivity index (χ3n) is 6.36. The summed E-state index contributed by atoms with van der Waals surface area (Å²) >= 11 is 0. The molecule has 3 nitrogen and oxygen atoms in total. The van der Waals surface area contributed by atoms with Crippen LogP contribution in [-0.2, 0) is 6.42 Å². The zero-order valence-corrected chi connectivity index (χ0v) is 18.3. The number of carbonyl (C=O) groups excluding carboxylic acids is 1. The highest BCUT2D eigenvalue weighted by atomic mass is 19.1. The fraction of sp³-hybridized carbons (Fsp3) is 0.462. The van der Waals surface area contributed by atoms with Crippen molar-refractivity contribution in [2.24, 2.45) is 11.8 Å². The molecule has 0 unspecified atom stereocenters. The normalized spacial score (nSPS) is 18.2. The second kappa shape index (κ2) is 11.2. The maximum atomic E-state index is 14.5. The number of rotatable bonds is 8. The summed E-state index contributed by atoms with van der Waals surface area (Å²) in [5, 5.41) is 8.69. The minimum Gasteiger partial charge on any atom is -0.423 e. The van der Waals surface area contributed by atoms with E-state index in [4.69, 9.17) is 10.00 Å². The monoisotopic (exact) mass is 443 g/mol. The van der Waals surface area contributed by atoms with Crippen LogP contribution in [0.2, 0.25) is 0 Å². The summed E-state index contributed by atoms with van der Waals surface area (Å²) in [6.45, 7) is 2.22. The molecular weight excluding hydrogens is 415 g/mol. The second-order valence-electron chi connectivity index (χ2n) is 8.65. The molecule has 2 aromatic carbocycles. The van der Waals surface area contributed by atoms with E-state index in [1.165, 1.54) is 63.1 Å². The number of unbranched alkanes of at least 4 members (excludes halogenated alkanes) is 1. The van der Waals surface area contributed by atoms with Gasteiger partial charge < -0.3 is 4.74 Å². The van der Waals surface area contributed by atoms with Gasteiger partial charge in [0.25, 0.3) is 0 Å². The molecule has 0 bridgehead atoms. The van der Waals surface area contributed by atoms with E-state index < -0.39 is 34.7 Å². The van der Waals surface area contributed by atoms with Crippen molar-refractivity contribution < 1.29 is 22.7 Å². The molecule has 0 radical (unpaired) electrons. The van der Waals surface area contributed by atoms with Crippen molar-refractivity contribution in [3.8, 4) is 11.8 Å². The summed E-state index contributed by atoms with van der Waals surface area (Å²) < 4.78 is 46.8. The number of nitriles is 1. The zero-order valence-electron chi connectivity index (χ0n) is 18.3. The molecule has 1 saturated carbocycles. The fourth-order valence-electron chi connectivity index (χ4n) is 4.43. The lowest BCUT2D eigenvalue weighted by Gasteiger charge is -2.28. The lowest BCUT2D eigenvalue weighted by Crippen LogP contribution is -2.15. The quantitative estimate of drug-likeness (QED) is 0.322. The van der Waals surface area contributed by atoms with Crippen molar-refractivity contribution >= 4 is 5.97 Å². The van der Waals surface area contributed by atoms with Crippen molar-refractivity contribution in [2.45, 2.75) is 64.7 Å². The van der Waals surface area contributed by atoms with Crippen LogP contribution < -0.4 is 4.74 Å². The Labute approximate surface area is 187 Å². The van der Waals surface area contributed by atoms with Crippen LogP contribution in [-0.4, -0.2) is 5.97 Å². The lowest BCUT2D eigenvalue weighted by atomic mass is 9.78. The van der Waals surface area contributed by atoms with Gasteiger partial charge in [-0.05, 0) is 42.4 Å². The van der Waals surface area contributed by atoms with Crippen LogP contribution in [0.4, 0.5) is 13.2 Å². The van der Waals surface area contributed by atoms with Crippen LogP contribution in [0.1, 0.15) is 79.8 Å². The van der Waals surface area contributed by atoms with Gasteiger partial charge in [-0.2, -0.15) is 5.26 Å². The maximum Gasteiger partial charge on any atom is 0.346 e. The number of benzene rings is 2. The predicted octanol–water partition coefficient (Wildman–Crippen LogP) is 7.12. The molecule has 0 heterocycles. The van der Waals surface area contributed by atoms with Crippen LogP contribution in [0.15, 0.2) is 30.3 Å².